The number of rotatable bonds is 6. The van der Waals surface area contributed by atoms with Gasteiger partial charge in [0.25, 0.3) is 0 Å². The molecule has 0 radical (unpaired) electrons. The molecule has 154 valence electrons. The average molecular weight is 395 g/mol. The number of carbonyl (C=O) groups excluding carboxylic acids is 1. The molecule has 1 aliphatic heterocycles. The van der Waals surface area contributed by atoms with Crippen LogP contribution in [0.5, 0.6) is 11.5 Å². The van der Waals surface area contributed by atoms with Gasteiger partial charge in [-0.3, -0.25) is 9.79 Å². The van der Waals surface area contributed by atoms with Gasteiger partial charge in [0.05, 0.1) is 0 Å². The van der Waals surface area contributed by atoms with Crippen molar-refractivity contribution >= 4 is 11.9 Å². The highest BCUT2D eigenvalue weighted by molar-refractivity contribution is 5.80. The SMILES string of the molecule is CCC(=O)N1CCC(NC(=NC)NCc2ccccc2Oc2ccccc2C)C1. The fourth-order valence-corrected chi connectivity index (χ4v) is 3.43. The highest BCUT2D eigenvalue weighted by Gasteiger charge is 2.25. The first-order valence-corrected chi connectivity index (χ1v) is 10.2. The number of hydrogen-bond acceptors (Lipinski definition) is 3. The summed E-state index contributed by atoms with van der Waals surface area (Å²) in [4.78, 5) is 18.1. The molecule has 1 heterocycles. The lowest BCUT2D eigenvalue weighted by Crippen LogP contribution is -2.44. The molecule has 0 aliphatic carbocycles. The van der Waals surface area contributed by atoms with E-state index in [-0.39, 0.29) is 11.9 Å². The van der Waals surface area contributed by atoms with Crippen LogP contribution in [0.4, 0.5) is 0 Å². The third-order valence-electron chi connectivity index (χ3n) is 5.14. The van der Waals surface area contributed by atoms with Gasteiger partial charge in [0.15, 0.2) is 5.96 Å². The Kier molecular flexibility index (Phi) is 7.11. The number of nitrogens with one attached hydrogen (secondary N) is 2. The second-order valence-corrected chi connectivity index (χ2v) is 7.22. The lowest BCUT2D eigenvalue weighted by molar-refractivity contribution is -0.129. The second kappa shape index (κ2) is 9.96. The molecule has 1 atom stereocenters. The lowest BCUT2D eigenvalue weighted by atomic mass is 10.2. The van der Waals surface area contributed by atoms with E-state index in [0.717, 1.165) is 48.1 Å². The fraction of sp³-hybridized carbons (Fsp3) is 0.391. The number of aryl methyl sites for hydroxylation is 1. The van der Waals surface area contributed by atoms with Crippen molar-refractivity contribution in [3.63, 3.8) is 0 Å². The molecule has 0 spiro atoms. The largest absolute Gasteiger partial charge is 0.457 e. The van der Waals surface area contributed by atoms with Crippen molar-refractivity contribution in [3.05, 3.63) is 59.7 Å². The number of amides is 1. The minimum Gasteiger partial charge on any atom is -0.457 e. The van der Waals surface area contributed by atoms with Gasteiger partial charge in [0.2, 0.25) is 5.91 Å². The summed E-state index contributed by atoms with van der Waals surface area (Å²) in [5.74, 6) is 2.62. The Bertz CT molecular complexity index is 865. The smallest absolute Gasteiger partial charge is 0.222 e. The number of likely N-dealkylation sites (tertiary alicyclic amines) is 1. The van der Waals surface area contributed by atoms with E-state index in [2.05, 4.69) is 15.6 Å². The molecular weight excluding hydrogens is 364 g/mol. The van der Waals surface area contributed by atoms with Crippen LogP contribution in [0.15, 0.2) is 53.5 Å². The molecule has 29 heavy (non-hydrogen) atoms. The Morgan fingerprint density at radius 3 is 2.62 bits per heavy atom. The number of para-hydroxylation sites is 2. The quantitative estimate of drug-likeness (QED) is 0.582. The molecule has 0 bridgehead atoms. The summed E-state index contributed by atoms with van der Waals surface area (Å²) in [6, 6.07) is 16.2. The summed E-state index contributed by atoms with van der Waals surface area (Å²) < 4.78 is 6.15. The lowest BCUT2D eigenvalue weighted by Gasteiger charge is -2.19. The highest BCUT2D eigenvalue weighted by atomic mass is 16.5. The zero-order valence-electron chi connectivity index (χ0n) is 17.4. The molecule has 6 heteroatoms. The van der Waals surface area contributed by atoms with Crippen molar-refractivity contribution in [2.75, 3.05) is 20.1 Å². The van der Waals surface area contributed by atoms with Gasteiger partial charge in [0.1, 0.15) is 11.5 Å². The number of hydrogen-bond donors (Lipinski definition) is 2. The van der Waals surface area contributed by atoms with Gasteiger partial charge in [0, 0.05) is 44.7 Å². The molecule has 3 rings (SSSR count). The van der Waals surface area contributed by atoms with Crippen LogP contribution in [0.25, 0.3) is 0 Å². The predicted octanol–water partition coefficient (Wildman–Crippen LogP) is 3.46. The number of guanidine groups is 1. The van der Waals surface area contributed by atoms with Crippen molar-refractivity contribution < 1.29 is 9.53 Å². The van der Waals surface area contributed by atoms with Gasteiger partial charge < -0.3 is 20.3 Å². The first-order valence-electron chi connectivity index (χ1n) is 10.2. The van der Waals surface area contributed by atoms with E-state index in [9.17, 15) is 4.79 Å². The van der Waals surface area contributed by atoms with Crippen LogP contribution in [-0.4, -0.2) is 42.9 Å². The van der Waals surface area contributed by atoms with E-state index in [1.807, 2.05) is 67.3 Å². The van der Waals surface area contributed by atoms with Crippen molar-refractivity contribution in [2.24, 2.45) is 4.99 Å². The molecule has 6 nitrogen and oxygen atoms in total. The summed E-state index contributed by atoms with van der Waals surface area (Å²) in [5, 5.41) is 6.79. The van der Waals surface area contributed by atoms with E-state index in [4.69, 9.17) is 4.74 Å². The zero-order chi connectivity index (χ0) is 20.6. The molecule has 1 saturated heterocycles. The molecule has 2 aromatic rings. The third-order valence-corrected chi connectivity index (χ3v) is 5.14. The summed E-state index contributed by atoms with van der Waals surface area (Å²) in [7, 11) is 1.76. The number of aliphatic imine (C=N–C) groups is 1. The molecule has 1 amide bonds. The molecule has 2 N–H and O–H groups in total. The summed E-state index contributed by atoms with van der Waals surface area (Å²) in [5.41, 5.74) is 2.15. The third kappa shape index (κ3) is 5.50. The molecule has 1 fully saturated rings. The van der Waals surface area contributed by atoms with Gasteiger partial charge >= 0.3 is 0 Å². The fourth-order valence-electron chi connectivity index (χ4n) is 3.43. The summed E-state index contributed by atoms with van der Waals surface area (Å²) in [6.45, 7) is 6.05. The monoisotopic (exact) mass is 394 g/mol. The average Bonchev–Trinajstić information content (AvgIpc) is 3.21. The Morgan fingerprint density at radius 2 is 1.90 bits per heavy atom. The van der Waals surface area contributed by atoms with Crippen molar-refractivity contribution in [3.8, 4) is 11.5 Å². The maximum atomic E-state index is 11.9. The van der Waals surface area contributed by atoms with Gasteiger partial charge in [-0.25, -0.2) is 0 Å². The van der Waals surface area contributed by atoms with Crippen LogP contribution in [-0.2, 0) is 11.3 Å². The second-order valence-electron chi connectivity index (χ2n) is 7.22. The highest BCUT2D eigenvalue weighted by Crippen LogP contribution is 2.27. The van der Waals surface area contributed by atoms with Gasteiger partial charge in [-0.2, -0.15) is 0 Å². The summed E-state index contributed by atoms with van der Waals surface area (Å²) >= 11 is 0. The topological polar surface area (TPSA) is 66.0 Å². The maximum Gasteiger partial charge on any atom is 0.222 e. The predicted molar refractivity (Wildman–Crippen MR) is 116 cm³/mol. The molecule has 1 aliphatic rings. The van der Waals surface area contributed by atoms with Gasteiger partial charge in [-0.05, 0) is 31.0 Å². The Morgan fingerprint density at radius 1 is 1.17 bits per heavy atom. The normalized spacial score (nSPS) is 16.6. The molecular formula is C23H30N4O2. The van der Waals surface area contributed by atoms with Crippen LogP contribution in [0, 0.1) is 6.92 Å². The van der Waals surface area contributed by atoms with E-state index < -0.39 is 0 Å². The van der Waals surface area contributed by atoms with E-state index >= 15 is 0 Å². The Hall–Kier alpha value is -3.02. The maximum absolute atomic E-state index is 11.9. The molecule has 0 aromatic heterocycles. The van der Waals surface area contributed by atoms with Gasteiger partial charge in [-0.1, -0.05) is 43.3 Å². The van der Waals surface area contributed by atoms with Crippen LogP contribution in [0.1, 0.15) is 30.9 Å². The Balaban J connectivity index is 1.59. The number of benzene rings is 2. The van der Waals surface area contributed by atoms with Crippen LogP contribution in [0.2, 0.25) is 0 Å². The number of nitrogens with zero attached hydrogens (tertiary/aromatic N) is 2. The van der Waals surface area contributed by atoms with Crippen LogP contribution < -0.4 is 15.4 Å². The van der Waals surface area contributed by atoms with Crippen LogP contribution >= 0.6 is 0 Å². The first kappa shape index (κ1) is 20.7. The van der Waals surface area contributed by atoms with E-state index in [1.54, 1.807) is 7.05 Å². The zero-order valence-corrected chi connectivity index (χ0v) is 17.4. The standard InChI is InChI=1S/C23H30N4O2/c1-4-22(28)27-14-13-19(16-27)26-23(24-3)25-15-18-10-6-8-12-21(18)29-20-11-7-5-9-17(20)2/h5-12,19H,4,13-16H2,1-3H3,(H2,24,25,26). The van der Waals surface area contributed by atoms with Crippen LogP contribution in [0.3, 0.4) is 0 Å². The van der Waals surface area contributed by atoms with Crippen molar-refractivity contribution in [1.82, 2.24) is 15.5 Å². The minimum atomic E-state index is 0.208. The van der Waals surface area contributed by atoms with Crippen molar-refractivity contribution in [1.29, 1.82) is 0 Å². The number of carbonyl (C=O) groups is 1. The summed E-state index contributed by atoms with van der Waals surface area (Å²) in [6.07, 6.45) is 1.48. The van der Waals surface area contributed by atoms with E-state index in [1.165, 1.54) is 0 Å². The Labute approximate surface area is 173 Å². The molecule has 1 unspecified atom stereocenters. The number of ether oxygens (including phenoxy) is 1. The van der Waals surface area contributed by atoms with Crippen molar-refractivity contribution in [2.45, 2.75) is 39.3 Å². The minimum absolute atomic E-state index is 0.208. The molecule has 2 aromatic carbocycles. The molecule has 0 saturated carbocycles. The van der Waals surface area contributed by atoms with E-state index in [0.29, 0.717) is 13.0 Å². The first-order chi connectivity index (χ1) is 14.1. The van der Waals surface area contributed by atoms with Gasteiger partial charge in [-0.15, -0.1) is 0 Å².